The highest BCUT2D eigenvalue weighted by molar-refractivity contribution is 7.33. The van der Waals surface area contributed by atoms with E-state index < -0.39 is 375 Å². The Hall–Kier alpha value is -8.38. The minimum absolute atomic E-state index is 0.210. The number of rotatable bonds is 9. The number of hydrogen-bond donors (Lipinski definition) is 0. The van der Waals surface area contributed by atoms with Gasteiger partial charge in [-0.05, 0) is 145 Å². The normalized spacial score (nSPS) is 19.9. The van der Waals surface area contributed by atoms with Crippen LogP contribution in [0.3, 0.4) is 0 Å². The second kappa shape index (κ2) is 20.0. The molecule has 1 aromatic heterocycles. The molecule has 3 heterocycles. The maximum Gasteiger partial charge on any atom is 0.264 e. The fraction of sp³-hybridized carbons (Fsp3) is 0.195. The predicted molar refractivity (Wildman–Crippen MR) is 356 cm³/mol. The Morgan fingerprint density at radius 3 is 1.33 bits per heavy atom. The van der Waals surface area contributed by atoms with Crippen molar-refractivity contribution < 1.29 is 53.5 Å². The van der Waals surface area contributed by atoms with Gasteiger partial charge in [-0.1, -0.05) is 233 Å². The predicted octanol–water partition coefficient (Wildman–Crippen LogP) is 20.0. The number of anilines is 9. The Labute approximate surface area is 546 Å². The Morgan fingerprint density at radius 1 is 0.378 bits per heavy atom. The Bertz CT molecular complexity index is 6380. The van der Waals surface area contributed by atoms with E-state index in [0.717, 1.165) is 4.90 Å². The lowest BCUT2D eigenvalue weighted by Gasteiger charge is -2.45. The van der Waals surface area contributed by atoms with Crippen molar-refractivity contribution in [3.63, 3.8) is 0 Å². The van der Waals surface area contributed by atoms with Crippen molar-refractivity contribution in [1.29, 1.82) is 0 Å². The molecular formula is C77H72BN3S. The summed E-state index contributed by atoms with van der Waals surface area (Å²) in [4.78, 5) is 1.86. The van der Waals surface area contributed by atoms with Gasteiger partial charge in [0.2, 0.25) is 0 Å². The zero-order valence-corrected chi connectivity index (χ0v) is 47.1. The third-order valence-electron chi connectivity index (χ3n) is 14.2. The number of thiophene rings is 1. The van der Waals surface area contributed by atoms with Gasteiger partial charge in [-0.2, -0.15) is 0 Å². The van der Waals surface area contributed by atoms with Gasteiger partial charge in [0.15, 0.2) is 0 Å². The SMILES string of the molecule is [2H]c1c([2H])c([2H])c(-c2c([2H])c(C(C)(C)C)c([2H])c([2H])c2N2c3c([2H])c(C(C)(C)c4c([2H])c([2H])c([2H])c([2H])c4[2H])c([2H])c([2H])c3B3c4sc5c([2H])c([2H])c(C(C)(C)C)c([2H])c5c4N(c4c([2H])c([2H])c(C(C)(C)C)c([2H])c4-c4c([2H])c([2H])c([2H])c([2H])c4[2H])c4c([2H])c(N(c5c([2H])c([2H])c([2H])c([2H])c5[2H])c5c([2H])c([2H])c([2H])c([2H])c5[2H])c([2H])c2c43)c([2H])c1[2H]. The van der Waals surface area contributed by atoms with Crippen LogP contribution < -0.4 is 30.4 Å². The average Bonchev–Trinajstić information content (AvgIpc) is 1.65. The number of hydrogen-bond acceptors (Lipinski definition) is 4. The van der Waals surface area contributed by atoms with E-state index >= 15 is 0 Å². The third-order valence-corrected chi connectivity index (χ3v) is 15.3. The highest BCUT2D eigenvalue weighted by Crippen LogP contribution is 2.54. The first-order valence-corrected chi connectivity index (χ1v) is 26.9. The third kappa shape index (κ3) is 9.15. The van der Waals surface area contributed by atoms with Crippen molar-refractivity contribution in [3.8, 4) is 22.3 Å². The fourth-order valence-corrected chi connectivity index (χ4v) is 11.1. The summed E-state index contributed by atoms with van der Waals surface area (Å²) in [6.45, 7) is 13.9. The zero-order chi connectivity index (χ0) is 90.8. The van der Waals surface area contributed by atoms with Crippen LogP contribution in [0.25, 0.3) is 32.3 Å². The number of benzene rings is 10. The summed E-state index contributed by atoms with van der Waals surface area (Å²) >= 11 is 0.525. The maximum atomic E-state index is 11.6. The molecule has 0 unspecified atom stereocenters. The fourth-order valence-electron chi connectivity index (χ4n) is 9.86. The molecule has 0 bridgehead atoms. The zero-order valence-electron chi connectivity index (χ0n) is 85.3. The van der Waals surface area contributed by atoms with Gasteiger partial charge in [0.1, 0.15) is 0 Å². The molecule has 0 saturated carbocycles. The van der Waals surface area contributed by atoms with Crippen LogP contribution in [0.2, 0.25) is 0 Å². The summed E-state index contributed by atoms with van der Waals surface area (Å²) in [5, 5.41) is -0.467. The van der Waals surface area contributed by atoms with E-state index in [1.54, 1.807) is 20.8 Å². The van der Waals surface area contributed by atoms with Crippen molar-refractivity contribution >= 4 is 95.0 Å². The molecule has 10 aromatic carbocycles. The van der Waals surface area contributed by atoms with E-state index in [0.29, 0.717) is 21.1 Å². The van der Waals surface area contributed by atoms with Crippen LogP contribution in [0.5, 0.6) is 0 Å². The van der Waals surface area contributed by atoms with Crippen LogP contribution in [0.4, 0.5) is 51.2 Å². The van der Waals surface area contributed by atoms with Crippen LogP contribution in [0, 0.1) is 0 Å². The topological polar surface area (TPSA) is 9.72 Å². The van der Waals surface area contributed by atoms with Crippen molar-refractivity contribution in [2.75, 3.05) is 14.7 Å². The molecule has 0 saturated heterocycles. The molecule has 0 radical (unpaired) electrons. The van der Waals surface area contributed by atoms with Gasteiger partial charge in [-0.3, -0.25) is 0 Å². The largest absolute Gasteiger partial charge is 0.311 e. The van der Waals surface area contributed by atoms with Crippen molar-refractivity contribution in [2.45, 2.75) is 97.8 Å². The van der Waals surface area contributed by atoms with Crippen LogP contribution in [0.15, 0.2) is 236 Å². The molecule has 2 aliphatic rings. The van der Waals surface area contributed by atoms with E-state index in [9.17, 15) is 43.9 Å². The standard InChI is InChI=1S/C77H72BN3S/c1-74(2,3)54-38-42-65(61(45-54)51-27-17-12-18-28-51)80-67-48-57(77(10,11)53-31-21-14-22-32-53)37-41-64(67)78-71-68(80)49-60(79(58-33-23-15-24-34-58)59-35-25-16-26-36-59)50-69(71)81(72-63-47-56(76(7,8)9)40-44-70(63)82-73(72)78)66-43-39-55(75(4,5)6)46-62(66)52-29-19-13-20-30-52/h12-50H,1-11H3/i12D,13D,14D,15D,16D,17D,18D,19D,20D,21D,22D,23D,24D,25D,26D,27D,28D,29D,30D,31D,32D,33D,34D,35D,36D,37D,38D,39D,40D,41D,42D,43D,44D,45D,46D,47D,48D,49D,50D. The van der Waals surface area contributed by atoms with Gasteiger partial charge >= 0.3 is 0 Å². The number of para-hydroxylation sites is 2. The van der Waals surface area contributed by atoms with Crippen molar-refractivity contribution in [3.05, 3.63) is 263 Å². The molecule has 404 valence electrons. The van der Waals surface area contributed by atoms with Gasteiger partial charge in [-0.25, -0.2) is 0 Å². The summed E-state index contributed by atoms with van der Waals surface area (Å²) in [6.07, 6.45) is 0. The average molecular weight is 1120 g/mol. The summed E-state index contributed by atoms with van der Waals surface area (Å²) in [5.74, 6) is 0. The molecule has 0 spiro atoms. The van der Waals surface area contributed by atoms with Gasteiger partial charge in [0, 0.05) is 59.8 Å². The minimum Gasteiger partial charge on any atom is -0.311 e. The van der Waals surface area contributed by atoms with Crippen molar-refractivity contribution in [2.24, 2.45) is 0 Å². The first-order chi connectivity index (χ1) is 55.6. The second-order valence-corrected chi connectivity index (χ2v) is 24.3. The van der Waals surface area contributed by atoms with Crippen LogP contribution in [-0.4, -0.2) is 6.71 Å². The van der Waals surface area contributed by atoms with Gasteiger partial charge < -0.3 is 14.7 Å². The molecule has 5 heteroatoms. The minimum atomic E-state index is -2.37. The smallest absolute Gasteiger partial charge is 0.264 e. The van der Waals surface area contributed by atoms with Gasteiger partial charge in [0.25, 0.3) is 6.71 Å². The van der Waals surface area contributed by atoms with Gasteiger partial charge in [0.05, 0.1) is 76.2 Å². The molecule has 2 aliphatic heterocycles. The molecule has 0 atom stereocenters. The molecule has 0 fully saturated rings. The molecule has 11 aromatic rings. The molecule has 3 nitrogen and oxygen atoms in total. The highest BCUT2D eigenvalue weighted by Gasteiger charge is 2.47. The van der Waals surface area contributed by atoms with E-state index in [1.807, 2.05) is 0 Å². The summed E-state index contributed by atoms with van der Waals surface area (Å²) in [6, 6.07) is -41.6. The quantitative estimate of drug-likeness (QED) is 0.133. The Kier molecular flexibility index (Phi) is 6.09. The molecule has 0 N–H and O–H groups in total. The summed E-state index contributed by atoms with van der Waals surface area (Å²) in [5.41, 5.74) is -23.8. The van der Waals surface area contributed by atoms with Crippen LogP contribution in [-0.2, 0) is 21.7 Å². The second-order valence-electron chi connectivity index (χ2n) is 23.2. The molecule has 13 rings (SSSR count). The van der Waals surface area contributed by atoms with E-state index in [2.05, 4.69) is 0 Å². The summed E-state index contributed by atoms with van der Waals surface area (Å²) in [7, 11) is 0. The lowest BCUT2D eigenvalue weighted by Crippen LogP contribution is -2.60. The van der Waals surface area contributed by atoms with Crippen LogP contribution >= 0.6 is 11.3 Å². The lowest BCUT2D eigenvalue weighted by molar-refractivity contribution is 0.590. The Balaban J connectivity index is 1.49. The molecular weight excluding hydrogens is 1010 g/mol. The molecule has 82 heavy (non-hydrogen) atoms. The van der Waals surface area contributed by atoms with E-state index in [4.69, 9.17) is 9.60 Å². The lowest BCUT2D eigenvalue weighted by atomic mass is 9.36. The number of fused-ring (bicyclic) bond motifs is 6. The van der Waals surface area contributed by atoms with Crippen molar-refractivity contribution in [1.82, 2.24) is 0 Å². The monoisotopic (exact) mass is 1120 g/mol. The first-order valence-electron chi connectivity index (χ1n) is 45.5. The number of nitrogens with zero attached hydrogens (tertiary/aromatic N) is 3. The molecule has 0 aliphatic carbocycles. The van der Waals surface area contributed by atoms with E-state index in [1.165, 1.54) is 55.4 Å². The first kappa shape index (κ1) is 25.0. The maximum absolute atomic E-state index is 11.6. The Morgan fingerprint density at radius 2 is 0.817 bits per heavy atom. The summed E-state index contributed by atoms with van der Waals surface area (Å²) < 4.78 is 384. The van der Waals surface area contributed by atoms with E-state index in [-0.39, 0.29) is 15.8 Å². The molecule has 0 amide bonds. The van der Waals surface area contributed by atoms with Crippen LogP contribution in [0.1, 0.15) is 157 Å². The van der Waals surface area contributed by atoms with Gasteiger partial charge in [-0.15, -0.1) is 11.3 Å². The highest BCUT2D eigenvalue weighted by atomic mass is 32.1.